The van der Waals surface area contributed by atoms with Crippen molar-refractivity contribution in [3.05, 3.63) is 155 Å². The van der Waals surface area contributed by atoms with E-state index in [0.717, 1.165) is 69.6 Å². The van der Waals surface area contributed by atoms with E-state index in [-0.39, 0.29) is 11.8 Å². The van der Waals surface area contributed by atoms with E-state index in [1.807, 2.05) is 12.1 Å². The molecule has 330 valence electrons. The first-order valence-electron chi connectivity index (χ1n) is 22.3. The van der Waals surface area contributed by atoms with Crippen LogP contribution in [-0.4, -0.2) is 88.3 Å². The molecule has 10 nitrogen and oxygen atoms in total. The van der Waals surface area contributed by atoms with Gasteiger partial charge in [-0.3, -0.25) is 9.59 Å². The van der Waals surface area contributed by atoms with Crippen molar-refractivity contribution in [2.24, 2.45) is 0 Å². The molecule has 2 unspecified atom stereocenters. The zero-order valence-electron chi connectivity index (χ0n) is 37.4. The van der Waals surface area contributed by atoms with E-state index in [1.165, 1.54) is 11.1 Å². The molecule has 10 rings (SSSR count). The van der Waals surface area contributed by atoms with Crippen LogP contribution < -0.4 is 30.2 Å². The van der Waals surface area contributed by atoms with Crippen LogP contribution >= 0.6 is 21.6 Å². The predicted molar refractivity (Wildman–Crippen MR) is 265 cm³/mol. The lowest BCUT2D eigenvalue weighted by Crippen LogP contribution is -2.51. The molecule has 2 atom stereocenters. The number of anilines is 4. The number of hydrogen-bond donors (Lipinski definition) is 2. The molecule has 0 aliphatic carbocycles. The van der Waals surface area contributed by atoms with Crippen LogP contribution in [0.25, 0.3) is 11.1 Å². The van der Waals surface area contributed by atoms with Crippen LogP contribution in [0.4, 0.5) is 22.7 Å². The molecule has 64 heavy (non-hydrogen) atoms. The van der Waals surface area contributed by atoms with Crippen LogP contribution in [0.5, 0.6) is 0 Å². The van der Waals surface area contributed by atoms with Gasteiger partial charge in [-0.25, -0.2) is 0 Å². The second-order valence-corrected chi connectivity index (χ2v) is 21.1. The van der Waals surface area contributed by atoms with Crippen molar-refractivity contribution in [1.29, 1.82) is 0 Å². The number of hydrogen-bond acceptors (Lipinski definition) is 10. The van der Waals surface area contributed by atoms with Gasteiger partial charge < -0.3 is 39.7 Å². The quantitative estimate of drug-likeness (QED) is 0.112. The highest BCUT2D eigenvalue weighted by atomic mass is 33.1. The lowest BCUT2D eigenvalue weighted by Gasteiger charge is -2.40. The Morgan fingerprint density at radius 1 is 0.609 bits per heavy atom. The fraction of sp³-hybridized carbons (Fsp3) is 0.346. The van der Waals surface area contributed by atoms with Gasteiger partial charge in [0.25, 0.3) is 11.8 Å². The summed E-state index contributed by atoms with van der Waals surface area (Å²) in [4.78, 5) is 36.0. The van der Waals surface area contributed by atoms with Gasteiger partial charge in [-0.2, -0.15) is 0 Å². The Hall–Kier alpha value is -5.40. The second kappa shape index (κ2) is 16.2. The van der Waals surface area contributed by atoms with Gasteiger partial charge >= 0.3 is 0 Å². The number of nitrogens with zero attached hydrogens (tertiary/aromatic N) is 4. The average Bonchev–Trinajstić information content (AvgIpc) is 4.02. The van der Waals surface area contributed by atoms with E-state index < -0.39 is 22.3 Å². The zero-order chi connectivity index (χ0) is 44.4. The van der Waals surface area contributed by atoms with Crippen LogP contribution in [0.3, 0.4) is 0 Å². The molecule has 0 bridgehead atoms. The van der Waals surface area contributed by atoms with Gasteiger partial charge in [0.15, 0.2) is 11.4 Å². The topological polar surface area (TPSA) is 89.6 Å². The number of nitrogens with one attached hydrogen (secondary N) is 2. The third-order valence-corrected chi connectivity index (χ3v) is 16.6. The highest BCUT2D eigenvalue weighted by Gasteiger charge is 2.61. The predicted octanol–water partition coefficient (Wildman–Crippen LogP) is 8.97. The number of amides is 2. The minimum Gasteiger partial charge on any atom is -0.351 e. The number of rotatable bonds is 11. The Morgan fingerprint density at radius 3 is 1.47 bits per heavy atom. The monoisotopic (exact) mass is 892 g/mol. The Labute approximate surface area is 384 Å². The standard InChI is InChI=1S/C52H56N6O4S2/c1-49(2)41-31-35(15-17-45(41)57-25-27-61-51(49,57)33-37-19-23-55(5)43-13-9-7-11-39(37)43)47(59)53-21-29-63-64-30-22-54-48(60)36-16-18-46-42(32-36)50(3,4)52(58(46)26-28-62-52)34-38-20-24-56(6)44-14-10-8-12-40(38)44/h7-20,23-24,31-34H,21-22,25-30H2,1-6H3,(H,53,59)(H,54,60)/b37-33+,38-34+. The number of allylic oxidation sites excluding steroid dienone is 4. The minimum atomic E-state index is -0.675. The molecule has 6 heterocycles. The van der Waals surface area contributed by atoms with Crippen molar-refractivity contribution in [3.63, 3.8) is 0 Å². The summed E-state index contributed by atoms with van der Waals surface area (Å²) in [6, 6.07) is 29.1. The van der Waals surface area contributed by atoms with Crippen LogP contribution in [0.15, 0.2) is 122 Å². The van der Waals surface area contributed by atoms with E-state index in [1.54, 1.807) is 21.6 Å². The molecule has 6 aliphatic rings. The fourth-order valence-electron chi connectivity index (χ4n) is 10.7. The molecule has 0 aromatic heterocycles. The Kier molecular flexibility index (Phi) is 10.8. The normalized spacial score (nSPS) is 24.1. The Bertz CT molecular complexity index is 2490. The summed E-state index contributed by atoms with van der Waals surface area (Å²) >= 11 is 0. The number of carbonyl (C=O) groups excluding carboxylic acids is 2. The largest absolute Gasteiger partial charge is 0.351 e. The number of fused-ring (bicyclic) bond motifs is 8. The van der Waals surface area contributed by atoms with Crippen LogP contribution in [0.1, 0.15) is 70.7 Å². The summed E-state index contributed by atoms with van der Waals surface area (Å²) in [5.41, 5.74) is 10.5. The first-order valence-corrected chi connectivity index (χ1v) is 24.7. The van der Waals surface area contributed by atoms with Gasteiger partial charge in [0.1, 0.15) is 0 Å². The summed E-state index contributed by atoms with van der Waals surface area (Å²) in [6.45, 7) is 12.8. The molecule has 12 heteroatoms. The molecule has 0 radical (unpaired) electrons. The first-order chi connectivity index (χ1) is 30.9. The molecule has 4 aromatic rings. The molecule has 2 fully saturated rings. The summed E-state index contributed by atoms with van der Waals surface area (Å²) in [5.74, 6) is 1.33. The van der Waals surface area contributed by atoms with E-state index in [9.17, 15) is 9.59 Å². The van der Waals surface area contributed by atoms with Gasteiger partial charge in [-0.1, -0.05) is 85.7 Å². The smallest absolute Gasteiger partial charge is 0.251 e. The number of benzene rings is 4. The van der Waals surface area contributed by atoms with Crippen molar-refractivity contribution >= 4 is 67.3 Å². The Morgan fingerprint density at radius 2 is 1.03 bits per heavy atom. The molecular weight excluding hydrogens is 837 g/mol. The van der Waals surface area contributed by atoms with Gasteiger partial charge in [0.05, 0.1) is 13.2 Å². The maximum atomic E-state index is 13.5. The minimum absolute atomic E-state index is 0.0832. The van der Waals surface area contributed by atoms with Gasteiger partial charge in [-0.15, -0.1) is 0 Å². The number of para-hydroxylation sites is 2. The zero-order valence-corrected chi connectivity index (χ0v) is 39.1. The number of ether oxygens (including phenoxy) is 2. The molecule has 0 saturated carbocycles. The van der Waals surface area contributed by atoms with E-state index in [2.05, 4.69) is 182 Å². The molecule has 6 aliphatic heterocycles. The van der Waals surface area contributed by atoms with Crippen molar-refractivity contribution in [1.82, 2.24) is 10.6 Å². The maximum absolute atomic E-state index is 13.5. The Balaban J connectivity index is 0.719. The lowest BCUT2D eigenvalue weighted by molar-refractivity contribution is 0.0000524. The van der Waals surface area contributed by atoms with Crippen LogP contribution in [-0.2, 0) is 20.3 Å². The summed E-state index contributed by atoms with van der Waals surface area (Å²) in [5, 5.41) is 6.25. The lowest BCUT2D eigenvalue weighted by atomic mass is 9.76. The van der Waals surface area contributed by atoms with Crippen molar-refractivity contribution in [2.75, 3.05) is 84.6 Å². The summed E-state index contributed by atoms with van der Waals surface area (Å²) < 4.78 is 13.4. The molecule has 2 saturated heterocycles. The first kappa shape index (κ1) is 42.5. The fourth-order valence-corrected chi connectivity index (χ4v) is 12.5. The van der Waals surface area contributed by atoms with Crippen LogP contribution in [0, 0.1) is 0 Å². The third-order valence-electron chi connectivity index (χ3n) is 14.2. The molecule has 2 amide bonds. The summed E-state index contributed by atoms with van der Waals surface area (Å²) in [6.07, 6.45) is 13.1. The second-order valence-electron chi connectivity index (χ2n) is 18.3. The third kappa shape index (κ3) is 6.70. The van der Waals surface area contributed by atoms with E-state index in [4.69, 9.17) is 9.47 Å². The SMILES string of the molecule is CN1C=C/C(=C\C23OCCN2c2ccc(C(=O)NCCSSCCNC(=O)c4ccc5c(c4)C(C)(C)C4(/C=C6\C=CN(C)c7ccccc76)OCCN54)cc2C3(C)C)c2ccccc21. The van der Waals surface area contributed by atoms with Crippen LogP contribution in [0.2, 0.25) is 0 Å². The van der Waals surface area contributed by atoms with E-state index >= 15 is 0 Å². The van der Waals surface area contributed by atoms with Crippen molar-refractivity contribution < 1.29 is 19.1 Å². The molecular formula is C52H56N6O4S2. The highest BCUT2D eigenvalue weighted by molar-refractivity contribution is 8.76. The van der Waals surface area contributed by atoms with Crippen molar-refractivity contribution in [2.45, 2.75) is 50.0 Å². The highest BCUT2D eigenvalue weighted by Crippen LogP contribution is 2.58. The van der Waals surface area contributed by atoms with Gasteiger partial charge in [-0.05, 0) is 95.1 Å². The van der Waals surface area contributed by atoms with Crippen molar-refractivity contribution in [3.8, 4) is 0 Å². The van der Waals surface area contributed by atoms with Gasteiger partial charge in [0.2, 0.25) is 0 Å². The van der Waals surface area contributed by atoms with E-state index in [0.29, 0.717) is 37.4 Å². The molecule has 0 spiro atoms. The number of carbonyl (C=O) groups is 2. The molecule has 4 aromatic carbocycles. The average molecular weight is 893 g/mol. The maximum Gasteiger partial charge on any atom is 0.251 e. The van der Waals surface area contributed by atoms with Gasteiger partial charge in [0, 0.05) is 120 Å². The summed E-state index contributed by atoms with van der Waals surface area (Å²) in [7, 11) is 7.53. The molecule has 2 N–H and O–H groups in total.